The van der Waals surface area contributed by atoms with Crippen LogP contribution in [-0.2, 0) is 26.7 Å². The highest BCUT2D eigenvalue weighted by molar-refractivity contribution is 5.17. The highest BCUT2D eigenvalue weighted by Crippen LogP contribution is 2.20. The fourth-order valence-electron chi connectivity index (χ4n) is 3.75. The summed E-state index contributed by atoms with van der Waals surface area (Å²) < 4.78 is 2.39. The van der Waals surface area contributed by atoms with Crippen molar-refractivity contribution in [2.45, 2.75) is 51.9 Å². The average Bonchev–Trinajstić information content (AvgIpc) is 2.91. The minimum absolute atomic E-state index is 0.720. The number of rotatable bonds is 6. The van der Waals surface area contributed by atoms with E-state index < -0.39 is 0 Å². The molecule has 0 radical (unpaired) electrons. The van der Waals surface area contributed by atoms with Gasteiger partial charge in [-0.1, -0.05) is 36.8 Å². The van der Waals surface area contributed by atoms with Crippen LogP contribution in [0.2, 0.25) is 0 Å². The van der Waals surface area contributed by atoms with E-state index in [2.05, 4.69) is 77.9 Å². The SMILES string of the molecule is CC1CCCCN1Cc1ccc(CN(C)Cc2ccccc2)n1C. The Morgan fingerprint density at radius 1 is 1.00 bits per heavy atom. The van der Waals surface area contributed by atoms with E-state index in [-0.39, 0.29) is 0 Å². The molecular weight excluding hydrogens is 294 g/mol. The molecule has 0 bridgehead atoms. The van der Waals surface area contributed by atoms with Crippen molar-refractivity contribution in [3.63, 3.8) is 0 Å². The Hall–Kier alpha value is -1.58. The van der Waals surface area contributed by atoms with Gasteiger partial charge in [0, 0.05) is 44.1 Å². The van der Waals surface area contributed by atoms with Gasteiger partial charge in [0.05, 0.1) is 0 Å². The topological polar surface area (TPSA) is 11.4 Å². The van der Waals surface area contributed by atoms with Crippen LogP contribution in [0.4, 0.5) is 0 Å². The minimum Gasteiger partial charge on any atom is -0.349 e. The second-order valence-electron chi connectivity index (χ2n) is 7.35. The first-order valence-electron chi connectivity index (χ1n) is 9.23. The third-order valence-electron chi connectivity index (χ3n) is 5.36. The van der Waals surface area contributed by atoms with E-state index in [9.17, 15) is 0 Å². The molecule has 1 aromatic heterocycles. The van der Waals surface area contributed by atoms with Crippen molar-refractivity contribution in [1.29, 1.82) is 0 Å². The standard InChI is InChI=1S/C21H31N3/c1-18-9-7-8-14-24(18)17-21-13-12-20(23(21)3)16-22(2)15-19-10-5-4-6-11-19/h4-6,10-13,18H,7-9,14-17H2,1-3H3. The first-order chi connectivity index (χ1) is 11.6. The maximum Gasteiger partial charge on any atom is 0.0389 e. The fraction of sp³-hybridized carbons (Fsp3) is 0.524. The van der Waals surface area contributed by atoms with Crippen molar-refractivity contribution in [1.82, 2.24) is 14.4 Å². The van der Waals surface area contributed by atoms with Gasteiger partial charge in [0.15, 0.2) is 0 Å². The molecule has 2 heterocycles. The third-order valence-corrected chi connectivity index (χ3v) is 5.36. The van der Waals surface area contributed by atoms with Crippen molar-refractivity contribution in [2.24, 2.45) is 7.05 Å². The van der Waals surface area contributed by atoms with E-state index in [0.29, 0.717) is 0 Å². The molecule has 0 saturated carbocycles. The molecule has 24 heavy (non-hydrogen) atoms. The summed E-state index contributed by atoms with van der Waals surface area (Å²) in [6.45, 7) is 6.68. The van der Waals surface area contributed by atoms with Crippen LogP contribution in [0.25, 0.3) is 0 Å². The monoisotopic (exact) mass is 325 g/mol. The Bertz CT molecular complexity index is 632. The van der Waals surface area contributed by atoms with E-state index in [1.165, 1.54) is 42.8 Å². The molecule has 0 spiro atoms. The molecule has 1 aromatic carbocycles. The highest BCUT2D eigenvalue weighted by atomic mass is 15.2. The van der Waals surface area contributed by atoms with Gasteiger partial charge in [-0.05, 0) is 51.1 Å². The first kappa shape index (κ1) is 17.2. The summed E-state index contributed by atoms with van der Waals surface area (Å²) in [4.78, 5) is 5.02. The van der Waals surface area contributed by atoms with Crippen molar-refractivity contribution >= 4 is 0 Å². The summed E-state index contributed by atoms with van der Waals surface area (Å²) in [7, 11) is 4.42. The zero-order chi connectivity index (χ0) is 16.9. The average molecular weight is 326 g/mol. The lowest BCUT2D eigenvalue weighted by Gasteiger charge is -2.33. The molecule has 130 valence electrons. The Morgan fingerprint density at radius 2 is 1.75 bits per heavy atom. The summed E-state index contributed by atoms with van der Waals surface area (Å²) in [5.74, 6) is 0. The van der Waals surface area contributed by atoms with Gasteiger partial charge >= 0.3 is 0 Å². The molecule has 1 unspecified atom stereocenters. The molecule has 3 rings (SSSR count). The molecule has 3 nitrogen and oxygen atoms in total. The third kappa shape index (κ3) is 4.28. The lowest BCUT2D eigenvalue weighted by Crippen LogP contribution is -2.37. The molecule has 1 aliphatic rings. The van der Waals surface area contributed by atoms with E-state index >= 15 is 0 Å². The predicted octanol–water partition coefficient (Wildman–Crippen LogP) is 4.03. The van der Waals surface area contributed by atoms with Gasteiger partial charge < -0.3 is 4.57 Å². The Balaban J connectivity index is 1.60. The number of likely N-dealkylation sites (tertiary alicyclic amines) is 1. The van der Waals surface area contributed by atoms with Gasteiger partial charge in [-0.2, -0.15) is 0 Å². The van der Waals surface area contributed by atoms with Crippen LogP contribution in [0.3, 0.4) is 0 Å². The smallest absolute Gasteiger partial charge is 0.0389 e. The van der Waals surface area contributed by atoms with Crippen molar-refractivity contribution in [2.75, 3.05) is 13.6 Å². The van der Waals surface area contributed by atoms with Gasteiger partial charge in [-0.15, -0.1) is 0 Å². The van der Waals surface area contributed by atoms with Gasteiger partial charge in [0.25, 0.3) is 0 Å². The zero-order valence-electron chi connectivity index (χ0n) is 15.4. The summed E-state index contributed by atoms with van der Waals surface area (Å²) in [6.07, 6.45) is 4.08. The Morgan fingerprint density at radius 3 is 2.50 bits per heavy atom. The normalized spacial score (nSPS) is 19.1. The van der Waals surface area contributed by atoms with E-state index in [4.69, 9.17) is 0 Å². The summed E-state index contributed by atoms with van der Waals surface area (Å²) in [5.41, 5.74) is 4.21. The molecule has 1 fully saturated rings. The summed E-state index contributed by atoms with van der Waals surface area (Å²) in [5, 5.41) is 0. The van der Waals surface area contributed by atoms with E-state index in [1.54, 1.807) is 0 Å². The number of piperidine rings is 1. The minimum atomic E-state index is 0.720. The zero-order valence-corrected chi connectivity index (χ0v) is 15.4. The van der Waals surface area contributed by atoms with Gasteiger partial charge in [-0.3, -0.25) is 9.80 Å². The van der Waals surface area contributed by atoms with Crippen LogP contribution in [0.5, 0.6) is 0 Å². The Labute approximate surface area is 146 Å². The van der Waals surface area contributed by atoms with E-state index in [1.807, 2.05) is 0 Å². The molecule has 1 saturated heterocycles. The van der Waals surface area contributed by atoms with Gasteiger partial charge in [-0.25, -0.2) is 0 Å². The molecule has 1 aliphatic heterocycles. The number of hydrogen-bond donors (Lipinski definition) is 0. The molecule has 3 heteroatoms. The van der Waals surface area contributed by atoms with Crippen LogP contribution >= 0.6 is 0 Å². The maximum atomic E-state index is 2.64. The second kappa shape index (κ2) is 8.00. The van der Waals surface area contributed by atoms with Crippen LogP contribution in [-0.4, -0.2) is 34.0 Å². The van der Waals surface area contributed by atoms with Crippen LogP contribution < -0.4 is 0 Å². The largest absolute Gasteiger partial charge is 0.349 e. The quantitative estimate of drug-likeness (QED) is 0.794. The van der Waals surface area contributed by atoms with Gasteiger partial charge in [0.2, 0.25) is 0 Å². The van der Waals surface area contributed by atoms with Crippen molar-refractivity contribution in [3.8, 4) is 0 Å². The number of hydrogen-bond acceptors (Lipinski definition) is 2. The molecule has 1 atom stereocenters. The first-order valence-corrected chi connectivity index (χ1v) is 9.23. The molecule has 2 aromatic rings. The second-order valence-corrected chi connectivity index (χ2v) is 7.35. The Kier molecular flexibility index (Phi) is 5.75. The molecular formula is C21H31N3. The predicted molar refractivity (Wildman–Crippen MR) is 101 cm³/mol. The fourth-order valence-corrected chi connectivity index (χ4v) is 3.75. The molecule has 0 amide bonds. The number of aromatic nitrogens is 1. The molecule has 0 aliphatic carbocycles. The summed E-state index contributed by atoms with van der Waals surface area (Å²) >= 11 is 0. The lowest BCUT2D eigenvalue weighted by atomic mass is 10.0. The lowest BCUT2D eigenvalue weighted by molar-refractivity contribution is 0.149. The van der Waals surface area contributed by atoms with Crippen molar-refractivity contribution < 1.29 is 0 Å². The summed E-state index contributed by atoms with van der Waals surface area (Å²) in [6, 6.07) is 16.0. The van der Waals surface area contributed by atoms with Crippen molar-refractivity contribution in [3.05, 3.63) is 59.4 Å². The van der Waals surface area contributed by atoms with Gasteiger partial charge in [0.1, 0.15) is 0 Å². The maximum absolute atomic E-state index is 2.64. The number of benzene rings is 1. The highest BCUT2D eigenvalue weighted by Gasteiger charge is 2.19. The van der Waals surface area contributed by atoms with E-state index in [0.717, 1.165) is 25.7 Å². The van der Waals surface area contributed by atoms with Crippen LogP contribution in [0, 0.1) is 0 Å². The molecule has 0 N–H and O–H groups in total. The van der Waals surface area contributed by atoms with Crippen LogP contribution in [0.1, 0.15) is 43.1 Å². The number of nitrogens with zero attached hydrogens (tertiary/aromatic N) is 3. The van der Waals surface area contributed by atoms with Crippen LogP contribution in [0.15, 0.2) is 42.5 Å².